The van der Waals surface area contributed by atoms with Gasteiger partial charge in [-0.15, -0.1) is 0 Å². The van der Waals surface area contributed by atoms with E-state index in [0.29, 0.717) is 17.1 Å². The van der Waals surface area contributed by atoms with Gasteiger partial charge >= 0.3 is 0 Å². The molecule has 0 saturated carbocycles. The topological polar surface area (TPSA) is 95.2 Å². The molecule has 5 aromatic rings. The Balaban J connectivity index is 1.49. The molecule has 8 heteroatoms. The lowest BCUT2D eigenvalue weighted by Gasteiger charge is -2.13. The van der Waals surface area contributed by atoms with Crippen LogP contribution in [0.2, 0.25) is 0 Å². The highest BCUT2D eigenvalue weighted by Crippen LogP contribution is 2.32. The molecular formula is C24H20FN7. The van der Waals surface area contributed by atoms with Crippen LogP contribution in [0.5, 0.6) is 0 Å². The van der Waals surface area contributed by atoms with E-state index in [0.717, 1.165) is 58.4 Å². The lowest BCUT2D eigenvalue weighted by molar-refractivity contribution is 0.627. The Labute approximate surface area is 182 Å². The van der Waals surface area contributed by atoms with E-state index < -0.39 is 0 Å². The van der Waals surface area contributed by atoms with Crippen molar-refractivity contribution in [3.8, 4) is 22.6 Å². The minimum absolute atomic E-state index is 0.268. The van der Waals surface area contributed by atoms with Gasteiger partial charge in [-0.3, -0.25) is 5.10 Å². The number of benzene rings is 1. The van der Waals surface area contributed by atoms with Gasteiger partial charge in [0, 0.05) is 24.5 Å². The van der Waals surface area contributed by atoms with E-state index in [2.05, 4.69) is 42.6 Å². The summed E-state index contributed by atoms with van der Waals surface area (Å²) in [5.74, 6) is 0.351. The van der Waals surface area contributed by atoms with Gasteiger partial charge < -0.3 is 10.3 Å². The van der Waals surface area contributed by atoms with Crippen molar-refractivity contribution in [3.05, 3.63) is 65.7 Å². The molecule has 0 aliphatic carbocycles. The van der Waals surface area contributed by atoms with Gasteiger partial charge in [0.1, 0.15) is 11.5 Å². The fraction of sp³-hybridized carbons (Fsp3) is 0.167. The molecule has 6 rings (SSSR count). The second kappa shape index (κ2) is 7.35. The summed E-state index contributed by atoms with van der Waals surface area (Å²) < 4.78 is 14.0. The fourth-order valence-electron chi connectivity index (χ4n) is 4.30. The van der Waals surface area contributed by atoms with Crippen LogP contribution >= 0.6 is 0 Å². The molecule has 0 fully saturated rings. The Kier molecular flexibility index (Phi) is 4.32. The molecule has 0 unspecified atom stereocenters. The first-order chi connectivity index (χ1) is 15.7. The molecule has 32 heavy (non-hydrogen) atoms. The molecule has 0 spiro atoms. The number of nitrogens with zero attached hydrogens (tertiary/aromatic N) is 4. The van der Waals surface area contributed by atoms with Crippen LogP contribution in [-0.2, 0) is 0 Å². The number of H-pyrrole nitrogens is 2. The molecule has 7 nitrogen and oxygen atoms in total. The van der Waals surface area contributed by atoms with E-state index in [1.807, 2.05) is 25.3 Å². The number of rotatable bonds is 3. The van der Waals surface area contributed by atoms with Crippen molar-refractivity contribution in [1.29, 1.82) is 0 Å². The number of hydrogen-bond donors (Lipinski definition) is 3. The molecule has 5 heterocycles. The summed E-state index contributed by atoms with van der Waals surface area (Å²) in [6.07, 6.45) is 6.72. The molecule has 0 bridgehead atoms. The standard InChI is InChI=1S/C24H20FN7/c1-13-8-15(10-17(25)9-13)18-4-7-27-23-20(18)29-24(30-23)21-19-11-16(12-28-22(19)32-31-21)14-2-5-26-6-3-14/h2,4,7-12,26H,3,5-6H2,1H3,(H,27,29,30)(H,28,31,32). The second-order valence-corrected chi connectivity index (χ2v) is 8.04. The van der Waals surface area contributed by atoms with Crippen LogP contribution in [0.1, 0.15) is 17.5 Å². The minimum atomic E-state index is -0.268. The van der Waals surface area contributed by atoms with Crippen molar-refractivity contribution in [3.63, 3.8) is 0 Å². The van der Waals surface area contributed by atoms with E-state index in [1.54, 1.807) is 6.20 Å². The third kappa shape index (κ3) is 3.16. The number of aromatic amines is 2. The van der Waals surface area contributed by atoms with Gasteiger partial charge in [0.05, 0.1) is 10.9 Å². The summed E-state index contributed by atoms with van der Waals surface area (Å²) in [5.41, 5.74) is 7.55. The van der Waals surface area contributed by atoms with Crippen LogP contribution in [-0.4, -0.2) is 43.2 Å². The number of hydrogen-bond acceptors (Lipinski definition) is 5. The first-order valence-corrected chi connectivity index (χ1v) is 10.5. The van der Waals surface area contributed by atoms with Gasteiger partial charge in [-0.05, 0) is 66.4 Å². The van der Waals surface area contributed by atoms with E-state index in [4.69, 9.17) is 4.98 Å². The van der Waals surface area contributed by atoms with E-state index in [9.17, 15) is 4.39 Å². The van der Waals surface area contributed by atoms with Crippen LogP contribution in [0, 0.1) is 12.7 Å². The van der Waals surface area contributed by atoms with E-state index in [-0.39, 0.29) is 5.82 Å². The fourth-order valence-corrected chi connectivity index (χ4v) is 4.30. The summed E-state index contributed by atoms with van der Waals surface area (Å²) >= 11 is 0. The Morgan fingerprint density at radius 3 is 2.81 bits per heavy atom. The van der Waals surface area contributed by atoms with Crippen LogP contribution < -0.4 is 5.32 Å². The Morgan fingerprint density at radius 2 is 1.97 bits per heavy atom. The molecule has 4 aromatic heterocycles. The zero-order chi connectivity index (χ0) is 21.7. The van der Waals surface area contributed by atoms with Crippen LogP contribution in [0.4, 0.5) is 4.39 Å². The maximum Gasteiger partial charge on any atom is 0.181 e. The number of aryl methyl sites for hydroxylation is 1. The predicted molar refractivity (Wildman–Crippen MR) is 122 cm³/mol. The highest BCUT2D eigenvalue weighted by molar-refractivity contribution is 5.95. The lowest BCUT2D eigenvalue weighted by Crippen LogP contribution is -2.20. The molecule has 0 atom stereocenters. The normalized spacial score (nSPS) is 14.2. The van der Waals surface area contributed by atoms with Crippen molar-refractivity contribution >= 4 is 27.8 Å². The summed E-state index contributed by atoms with van der Waals surface area (Å²) in [4.78, 5) is 17.0. The van der Waals surface area contributed by atoms with Gasteiger partial charge in [0.2, 0.25) is 0 Å². The molecule has 158 valence electrons. The average Bonchev–Trinajstić information content (AvgIpc) is 3.42. The van der Waals surface area contributed by atoms with Gasteiger partial charge in [-0.25, -0.2) is 19.3 Å². The van der Waals surface area contributed by atoms with Crippen molar-refractivity contribution in [2.24, 2.45) is 0 Å². The molecule has 0 amide bonds. The summed E-state index contributed by atoms with van der Waals surface area (Å²) in [5, 5.41) is 11.7. The van der Waals surface area contributed by atoms with Gasteiger partial charge in [0.15, 0.2) is 17.1 Å². The van der Waals surface area contributed by atoms with Crippen molar-refractivity contribution in [1.82, 2.24) is 35.5 Å². The van der Waals surface area contributed by atoms with E-state index >= 15 is 0 Å². The summed E-state index contributed by atoms with van der Waals surface area (Å²) in [7, 11) is 0. The summed E-state index contributed by atoms with van der Waals surface area (Å²) in [6.45, 7) is 3.70. The van der Waals surface area contributed by atoms with Gasteiger partial charge in [0.25, 0.3) is 0 Å². The number of pyridine rings is 2. The summed E-state index contributed by atoms with van der Waals surface area (Å²) in [6, 6.07) is 8.96. The maximum atomic E-state index is 14.0. The monoisotopic (exact) mass is 425 g/mol. The van der Waals surface area contributed by atoms with Gasteiger partial charge in [-0.1, -0.05) is 12.1 Å². The maximum absolute atomic E-state index is 14.0. The predicted octanol–water partition coefficient (Wildman–Crippen LogP) is 4.39. The Morgan fingerprint density at radius 1 is 1.03 bits per heavy atom. The minimum Gasteiger partial charge on any atom is -0.335 e. The zero-order valence-electron chi connectivity index (χ0n) is 17.4. The van der Waals surface area contributed by atoms with Crippen molar-refractivity contribution < 1.29 is 4.39 Å². The molecule has 1 aliphatic rings. The highest BCUT2D eigenvalue weighted by atomic mass is 19.1. The quantitative estimate of drug-likeness (QED) is 0.399. The lowest BCUT2D eigenvalue weighted by atomic mass is 10.0. The van der Waals surface area contributed by atoms with Gasteiger partial charge in [-0.2, -0.15) is 5.10 Å². The average molecular weight is 425 g/mol. The SMILES string of the molecule is Cc1cc(F)cc(-c2ccnc3nc(-c4[nH]nc5ncc(C6=CCNCC6)cc45)[nH]c23)c1. The number of nitrogens with one attached hydrogen (secondary N) is 3. The first kappa shape index (κ1) is 18.8. The molecule has 0 radical (unpaired) electrons. The second-order valence-electron chi connectivity index (χ2n) is 8.04. The van der Waals surface area contributed by atoms with Crippen LogP contribution in [0.3, 0.4) is 0 Å². The van der Waals surface area contributed by atoms with Crippen LogP contribution in [0.25, 0.3) is 50.4 Å². The smallest absolute Gasteiger partial charge is 0.181 e. The molecule has 1 aliphatic heterocycles. The largest absolute Gasteiger partial charge is 0.335 e. The zero-order valence-corrected chi connectivity index (χ0v) is 17.4. The third-order valence-corrected chi connectivity index (χ3v) is 5.83. The molecule has 1 aromatic carbocycles. The third-order valence-electron chi connectivity index (χ3n) is 5.83. The van der Waals surface area contributed by atoms with Crippen molar-refractivity contribution in [2.75, 3.05) is 13.1 Å². The molecule has 0 saturated heterocycles. The number of imidazole rings is 1. The first-order valence-electron chi connectivity index (χ1n) is 10.5. The van der Waals surface area contributed by atoms with Crippen molar-refractivity contribution in [2.45, 2.75) is 13.3 Å². The highest BCUT2D eigenvalue weighted by Gasteiger charge is 2.17. The van der Waals surface area contributed by atoms with E-state index in [1.165, 1.54) is 17.7 Å². The molecular weight excluding hydrogens is 405 g/mol. The number of fused-ring (bicyclic) bond motifs is 2. The molecule has 3 N–H and O–H groups in total. The van der Waals surface area contributed by atoms with Crippen LogP contribution in [0.15, 0.2) is 48.8 Å². The number of aromatic nitrogens is 6. The Bertz CT molecular complexity index is 1490. The Hall–Kier alpha value is -3.91. The number of halogens is 1.